The second kappa shape index (κ2) is 61.3. The first-order chi connectivity index (χ1) is 44.6. The van der Waals surface area contributed by atoms with Gasteiger partial charge in [0.25, 0.3) is 0 Å². The van der Waals surface area contributed by atoms with Gasteiger partial charge in [0.2, 0.25) is 5.91 Å². The van der Waals surface area contributed by atoms with E-state index in [1.165, 1.54) is 250 Å². The van der Waals surface area contributed by atoms with Crippen molar-refractivity contribution in [2.45, 2.75) is 402 Å². The van der Waals surface area contributed by atoms with Gasteiger partial charge >= 0.3 is 0 Å². The van der Waals surface area contributed by atoms with Gasteiger partial charge in [0.1, 0.15) is 48.8 Å². The van der Waals surface area contributed by atoms with Gasteiger partial charge in [0, 0.05) is 6.42 Å². The highest BCUT2D eigenvalue weighted by Gasteiger charge is 2.51. The highest BCUT2D eigenvalue weighted by Crippen LogP contribution is 2.30. The van der Waals surface area contributed by atoms with Crippen LogP contribution in [-0.2, 0) is 23.7 Å². The van der Waals surface area contributed by atoms with Crippen LogP contribution in [0.2, 0.25) is 0 Å². The Kier molecular flexibility index (Phi) is 57.1. The van der Waals surface area contributed by atoms with Crippen molar-refractivity contribution < 1.29 is 64.6 Å². The quantitative estimate of drug-likeness (QED) is 0.0204. The molecule has 2 heterocycles. The molecule has 532 valence electrons. The molecule has 2 rings (SSSR count). The van der Waals surface area contributed by atoms with E-state index in [9.17, 15) is 45.6 Å². The zero-order chi connectivity index (χ0) is 65.9. The fourth-order valence-electron chi connectivity index (χ4n) is 12.4. The lowest BCUT2D eigenvalue weighted by Gasteiger charge is -2.46. The monoisotopic (exact) mass is 1290 g/mol. The fraction of sp³-hybridized carbons (Fsp3) is 0.857. The summed E-state index contributed by atoms with van der Waals surface area (Å²) in [6, 6.07) is -0.931. The first-order valence-electron chi connectivity index (χ1n) is 38.0. The van der Waals surface area contributed by atoms with Crippen molar-refractivity contribution in [3.63, 3.8) is 0 Å². The number of aliphatic hydroxyl groups is 8. The number of amides is 1. The maximum atomic E-state index is 13.3. The molecule has 1 amide bonds. The highest BCUT2D eigenvalue weighted by atomic mass is 16.7. The van der Waals surface area contributed by atoms with E-state index in [1.807, 2.05) is 6.08 Å². The Balaban J connectivity index is 1.55. The molecule has 0 saturated carbocycles. The molecule has 14 nitrogen and oxygen atoms in total. The molecule has 0 spiro atoms. The number of nitrogens with one attached hydrogen (secondary N) is 1. The topological polar surface area (TPSA) is 228 Å². The molecule has 2 aliphatic rings. The number of aliphatic hydroxyl groups excluding tert-OH is 8. The summed E-state index contributed by atoms with van der Waals surface area (Å²) < 4.78 is 22.8. The largest absolute Gasteiger partial charge is 0.394 e. The standard InChI is InChI=1S/C77H141NO13/c1-3-5-7-9-11-13-15-17-19-21-22-23-24-25-26-27-28-29-30-31-32-33-34-35-36-37-38-39-40-41-42-43-44-45-47-49-51-53-55-57-59-61-69(82)78-65(66(81)60-58-56-54-52-50-48-46-20-18-16-14-12-10-8-6-4-2)64-88-76-74(87)72(85)75(68(63-80)90-76)91-77-73(86)71(84)70(83)67(62-79)89-77/h15,17,21-22,24-25,50,52,58,60,65-68,70-77,79-81,83-87H,3-14,16,18-20,23,26-49,51,53-57,59,61-64H2,1-2H3,(H,78,82)/b17-15-,22-21-,25-24-,52-50+,60-58+. The lowest BCUT2D eigenvalue weighted by atomic mass is 9.97. The third-order valence-electron chi connectivity index (χ3n) is 18.4. The minimum atomic E-state index is -1.79. The van der Waals surface area contributed by atoms with E-state index in [0.29, 0.717) is 12.8 Å². The van der Waals surface area contributed by atoms with Crippen molar-refractivity contribution in [1.29, 1.82) is 0 Å². The number of carbonyl (C=O) groups is 1. The SMILES string of the molecule is CCCCCCC/C=C\C/C=C\C/C=C\CCCCCCCCCCCCCCCCCCCCCCCCCCCCC(=O)NC(COC1OC(CO)C(OC2OC(CO)C(O)C(O)C2O)C(O)C1O)C(O)/C=C/CC/C=C/CCCCCCCCCCCC. The van der Waals surface area contributed by atoms with Crippen LogP contribution in [0.3, 0.4) is 0 Å². The van der Waals surface area contributed by atoms with Crippen molar-refractivity contribution in [1.82, 2.24) is 5.32 Å². The van der Waals surface area contributed by atoms with E-state index in [0.717, 1.165) is 44.9 Å². The van der Waals surface area contributed by atoms with Crippen molar-refractivity contribution in [2.75, 3.05) is 19.8 Å². The normalized spacial score (nSPS) is 23.1. The van der Waals surface area contributed by atoms with Gasteiger partial charge in [-0.25, -0.2) is 0 Å². The molecule has 12 atom stereocenters. The molecule has 0 aromatic rings. The van der Waals surface area contributed by atoms with Crippen molar-refractivity contribution in [3.05, 3.63) is 60.8 Å². The lowest BCUT2D eigenvalue weighted by molar-refractivity contribution is -0.359. The van der Waals surface area contributed by atoms with Crippen LogP contribution >= 0.6 is 0 Å². The van der Waals surface area contributed by atoms with Gasteiger partial charge in [-0.05, 0) is 70.6 Å². The molecule has 0 radical (unpaired) electrons. The minimum absolute atomic E-state index is 0.244. The average molecular weight is 1290 g/mol. The average Bonchev–Trinajstić information content (AvgIpc) is 1.24. The van der Waals surface area contributed by atoms with Crippen LogP contribution in [0.1, 0.15) is 328 Å². The zero-order valence-electron chi connectivity index (χ0n) is 58.1. The maximum Gasteiger partial charge on any atom is 0.220 e. The molecule has 2 fully saturated rings. The Bertz CT molecular complexity index is 1760. The summed E-state index contributed by atoms with van der Waals surface area (Å²) in [6.45, 7) is 2.80. The van der Waals surface area contributed by atoms with E-state index >= 15 is 0 Å². The number of allylic oxidation sites excluding steroid dienone is 9. The third-order valence-corrected chi connectivity index (χ3v) is 18.4. The first-order valence-corrected chi connectivity index (χ1v) is 38.0. The number of unbranched alkanes of at least 4 members (excludes halogenated alkanes) is 42. The maximum absolute atomic E-state index is 13.3. The lowest BCUT2D eigenvalue weighted by Crippen LogP contribution is -2.65. The second-order valence-electron chi connectivity index (χ2n) is 26.8. The van der Waals surface area contributed by atoms with E-state index in [-0.39, 0.29) is 18.9 Å². The third kappa shape index (κ3) is 44.9. The Labute approximate surface area is 556 Å². The van der Waals surface area contributed by atoms with E-state index in [1.54, 1.807) is 6.08 Å². The number of hydrogen-bond donors (Lipinski definition) is 9. The van der Waals surface area contributed by atoms with Crippen LogP contribution in [0.4, 0.5) is 0 Å². The van der Waals surface area contributed by atoms with Gasteiger partial charge in [0.15, 0.2) is 12.6 Å². The molecular formula is C77H141NO13. The summed E-state index contributed by atoms with van der Waals surface area (Å²) in [5, 5.41) is 87.4. The Morgan fingerprint density at radius 2 is 0.736 bits per heavy atom. The molecule has 2 saturated heterocycles. The van der Waals surface area contributed by atoms with Crippen LogP contribution in [0.5, 0.6) is 0 Å². The number of rotatable bonds is 63. The van der Waals surface area contributed by atoms with E-state index < -0.39 is 86.8 Å². The van der Waals surface area contributed by atoms with Gasteiger partial charge in [0.05, 0.1) is 32.0 Å². The summed E-state index contributed by atoms with van der Waals surface area (Å²) in [7, 11) is 0. The molecule has 0 aromatic carbocycles. The Morgan fingerprint density at radius 3 is 1.15 bits per heavy atom. The summed E-state index contributed by atoms with van der Waals surface area (Å²) in [4.78, 5) is 13.3. The molecule has 14 heteroatoms. The summed E-state index contributed by atoms with van der Waals surface area (Å²) in [5.74, 6) is -0.244. The number of hydrogen-bond acceptors (Lipinski definition) is 13. The Hall–Kier alpha value is -2.31. The van der Waals surface area contributed by atoms with Crippen LogP contribution in [0.25, 0.3) is 0 Å². The summed E-state index contributed by atoms with van der Waals surface area (Å²) in [5.41, 5.74) is 0. The van der Waals surface area contributed by atoms with Crippen molar-refractivity contribution in [3.8, 4) is 0 Å². The van der Waals surface area contributed by atoms with E-state index in [2.05, 4.69) is 67.8 Å². The fourth-order valence-corrected chi connectivity index (χ4v) is 12.4. The summed E-state index contributed by atoms with van der Waals surface area (Å²) in [6.07, 6.45) is 66.0. The molecular weight excluding hydrogens is 1150 g/mol. The van der Waals surface area contributed by atoms with Gasteiger partial charge in [-0.1, -0.05) is 312 Å². The van der Waals surface area contributed by atoms with Gasteiger partial charge < -0.3 is 65.1 Å². The van der Waals surface area contributed by atoms with E-state index in [4.69, 9.17) is 18.9 Å². The Morgan fingerprint density at radius 1 is 0.396 bits per heavy atom. The predicted molar refractivity (Wildman–Crippen MR) is 374 cm³/mol. The molecule has 91 heavy (non-hydrogen) atoms. The molecule has 12 unspecified atom stereocenters. The zero-order valence-corrected chi connectivity index (χ0v) is 58.1. The number of carbonyl (C=O) groups excluding carboxylic acids is 1. The van der Waals surface area contributed by atoms with Gasteiger partial charge in [-0.15, -0.1) is 0 Å². The van der Waals surface area contributed by atoms with Crippen LogP contribution in [0.15, 0.2) is 60.8 Å². The first kappa shape index (κ1) is 84.8. The molecule has 0 aromatic heterocycles. The number of ether oxygens (including phenoxy) is 4. The smallest absolute Gasteiger partial charge is 0.220 e. The van der Waals surface area contributed by atoms with Crippen LogP contribution in [-0.4, -0.2) is 140 Å². The molecule has 0 aliphatic carbocycles. The molecule has 0 bridgehead atoms. The van der Waals surface area contributed by atoms with Crippen molar-refractivity contribution in [2.24, 2.45) is 0 Å². The minimum Gasteiger partial charge on any atom is -0.394 e. The van der Waals surface area contributed by atoms with Crippen LogP contribution < -0.4 is 5.32 Å². The van der Waals surface area contributed by atoms with Crippen molar-refractivity contribution >= 4 is 5.91 Å². The second-order valence-corrected chi connectivity index (χ2v) is 26.8. The summed E-state index contributed by atoms with van der Waals surface area (Å²) >= 11 is 0. The van der Waals surface area contributed by atoms with Gasteiger partial charge in [-0.3, -0.25) is 4.79 Å². The van der Waals surface area contributed by atoms with Crippen LogP contribution in [0, 0.1) is 0 Å². The molecule has 2 aliphatic heterocycles. The molecule has 9 N–H and O–H groups in total. The highest BCUT2D eigenvalue weighted by molar-refractivity contribution is 5.76. The predicted octanol–water partition coefficient (Wildman–Crippen LogP) is 16.4. The van der Waals surface area contributed by atoms with Gasteiger partial charge in [-0.2, -0.15) is 0 Å².